The third-order valence-electron chi connectivity index (χ3n) is 11.6. The highest BCUT2D eigenvalue weighted by Crippen LogP contribution is 2.62. The predicted octanol–water partition coefficient (Wildman–Crippen LogP) is 7.28. The fraction of sp³-hybridized carbons (Fsp3) is 0.938. The number of carbonyl (C=O) groups is 2. The number of ether oxygens (including phenoxy) is 2. The van der Waals surface area contributed by atoms with Crippen LogP contribution in [0.2, 0.25) is 0 Å². The molecular weight excluding hydrogens is 448 g/mol. The van der Waals surface area contributed by atoms with E-state index in [0.717, 1.165) is 54.8 Å². The molecule has 0 radical (unpaired) electrons. The first-order chi connectivity index (χ1) is 17.5. The fourth-order valence-electron chi connectivity index (χ4n) is 11.1. The Hall–Kier alpha value is -0.740. The zero-order valence-electron chi connectivity index (χ0n) is 22.7. The van der Waals surface area contributed by atoms with Crippen LogP contribution in [0.25, 0.3) is 0 Å². The number of carbonyl (C=O) groups excluding carboxylic acids is 2. The molecule has 8 fully saturated rings. The van der Waals surface area contributed by atoms with Crippen LogP contribution in [-0.2, 0) is 19.1 Å². The summed E-state index contributed by atoms with van der Waals surface area (Å²) in [6.45, 7) is 1.08. The van der Waals surface area contributed by atoms with Crippen molar-refractivity contribution < 1.29 is 19.1 Å². The SMILES string of the molecule is O=C(CCCC12CC3CC(CC(C3)C1)C2)CCOCOCCC(=O)CCC12CC3CC(CC(C3)C1)C2. The third-order valence-corrected chi connectivity index (χ3v) is 11.6. The summed E-state index contributed by atoms with van der Waals surface area (Å²) in [5.41, 5.74) is 1.09. The Bertz CT molecular complexity index is 729. The average Bonchev–Trinajstić information content (AvgIpc) is 2.80. The lowest BCUT2D eigenvalue weighted by atomic mass is 9.48. The minimum Gasteiger partial charge on any atom is -0.355 e. The highest BCUT2D eigenvalue weighted by Gasteiger charge is 2.51. The van der Waals surface area contributed by atoms with Gasteiger partial charge in [0.15, 0.2) is 0 Å². The maximum absolute atomic E-state index is 12.4. The van der Waals surface area contributed by atoms with Gasteiger partial charge in [-0.3, -0.25) is 9.59 Å². The Balaban J connectivity index is 0.777. The Labute approximate surface area is 219 Å². The van der Waals surface area contributed by atoms with Gasteiger partial charge in [-0.25, -0.2) is 0 Å². The molecule has 0 N–H and O–H groups in total. The summed E-state index contributed by atoms with van der Waals surface area (Å²) in [4.78, 5) is 24.8. The summed E-state index contributed by atoms with van der Waals surface area (Å²) in [5, 5.41) is 0. The van der Waals surface area contributed by atoms with Gasteiger partial charge in [-0.1, -0.05) is 0 Å². The molecule has 8 bridgehead atoms. The van der Waals surface area contributed by atoms with Crippen molar-refractivity contribution in [2.45, 2.75) is 122 Å². The van der Waals surface area contributed by atoms with E-state index in [1.54, 1.807) is 0 Å². The van der Waals surface area contributed by atoms with Crippen LogP contribution < -0.4 is 0 Å². The van der Waals surface area contributed by atoms with Crippen LogP contribution >= 0.6 is 0 Å². The minimum absolute atomic E-state index is 0.197. The van der Waals surface area contributed by atoms with Crippen molar-refractivity contribution in [2.24, 2.45) is 46.3 Å². The zero-order chi connectivity index (χ0) is 24.6. The number of rotatable bonds is 15. The minimum atomic E-state index is 0.197. The molecule has 0 saturated heterocycles. The van der Waals surface area contributed by atoms with E-state index < -0.39 is 0 Å². The molecule has 8 aliphatic carbocycles. The van der Waals surface area contributed by atoms with Crippen LogP contribution in [0.15, 0.2) is 0 Å². The average molecular weight is 499 g/mol. The second-order valence-corrected chi connectivity index (χ2v) is 14.7. The molecule has 202 valence electrons. The van der Waals surface area contributed by atoms with E-state index in [9.17, 15) is 9.59 Å². The lowest BCUT2D eigenvalue weighted by Gasteiger charge is -2.57. The summed E-state index contributed by atoms with van der Waals surface area (Å²) in [7, 11) is 0. The lowest BCUT2D eigenvalue weighted by Crippen LogP contribution is -2.46. The van der Waals surface area contributed by atoms with Crippen LogP contribution in [0, 0.1) is 46.3 Å². The first-order valence-electron chi connectivity index (χ1n) is 15.7. The standard InChI is InChI=1S/C32H50O4/c33-29(2-1-6-31-16-23-10-24(17-31)12-25(11-23)18-31)4-8-35-22-36-9-5-30(34)3-7-32-19-26-13-27(20-32)15-28(14-26)21-32/h23-28H,1-22H2. The molecule has 0 unspecified atom stereocenters. The molecule has 0 aliphatic heterocycles. The van der Waals surface area contributed by atoms with Gasteiger partial charge in [-0.15, -0.1) is 0 Å². The van der Waals surface area contributed by atoms with E-state index >= 15 is 0 Å². The van der Waals surface area contributed by atoms with E-state index in [-0.39, 0.29) is 6.79 Å². The van der Waals surface area contributed by atoms with Crippen molar-refractivity contribution in [2.75, 3.05) is 20.0 Å². The largest absolute Gasteiger partial charge is 0.355 e. The van der Waals surface area contributed by atoms with Gasteiger partial charge < -0.3 is 9.47 Å². The number of hydrogen-bond acceptors (Lipinski definition) is 4. The molecule has 0 heterocycles. The van der Waals surface area contributed by atoms with Crippen LogP contribution in [0.1, 0.15) is 122 Å². The van der Waals surface area contributed by atoms with Crippen molar-refractivity contribution in [1.82, 2.24) is 0 Å². The summed E-state index contributed by atoms with van der Waals surface area (Å²) in [6, 6.07) is 0. The van der Waals surface area contributed by atoms with Crippen LogP contribution in [0.5, 0.6) is 0 Å². The van der Waals surface area contributed by atoms with E-state index in [2.05, 4.69) is 0 Å². The Morgan fingerprint density at radius 3 is 1.36 bits per heavy atom. The molecular formula is C32H50O4. The topological polar surface area (TPSA) is 52.6 Å². The number of Topliss-reactive ketones (excluding diaryl/α,β-unsaturated/α-hetero) is 2. The maximum Gasteiger partial charge on any atom is 0.146 e. The van der Waals surface area contributed by atoms with Gasteiger partial charge in [0.25, 0.3) is 0 Å². The predicted molar refractivity (Wildman–Crippen MR) is 140 cm³/mol. The van der Waals surface area contributed by atoms with Gasteiger partial charge in [0, 0.05) is 25.7 Å². The Morgan fingerprint density at radius 2 is 0.917 bits per heavy atom. The molecule has 8 aliphatic rings. The van der Waals surface area contributed by atoms with E-state index in [1.807, 2.05) is 0 Å². The Kier molecular flexibility index (Phi) is 7.65. The summed E-state index contributed by atoms with van der Waals surface area (Å²) in [5.74, 6) is 6.55. The van der Waals surface area contributed by atoms with Gasteiger partial charge in [-0.05, 0) is 143 Å². The first-order valence-corrected chi connectivity index (χ1v) is 15.7. The monoisotopic (exact) mass is 498 g/mol. The van der Waals surface area contributed by atoms with Crippen molar-refractivity contribution in [1.29, 1.82) is 0 Å². The molecule has 0 spiro atoms. The van der Waals surface area contributed by atoms with Gasteiger partial charge >= 0.3 is 0 Å². The molecule has 0 amide bonds. The zero-order valence-corrected chi connectivity index (χ0v) is 22.7. The lowest BCUT2D eigenvalue weighted by molar-refractivity contribution is -0.124. The van der Waals surface area contributed by atoms with Crippen LogP contribution in [-0.4, -0.2) is 31.6 Å². The Morgan fingerprint density at radius 1 is 0.528 bits per heavy atom. The molecule has 36 heavy (non-hydrogen) atoms. The number of hydrogen-bond donors (Lipinski definition) is 0. The molecule has 0 aromatic carbocycles. The van der Waals surface area contributed by atoms with Crippen molar-refractivity contribution >= 4 is 11.6 Å². The summed E-state index contributed by atoms with van der Waals surface area (Å²) >= 11 is 0. The highest BCUT2D eigenvalue weighted by atomic mass is 16.7. The normalized spacial score (nSPS) is 41.8. The van der Waals surface area contributed by atoms with E-state index in [1.165, 1.54) is 83.5 Å². The molecule has 8 saturated carbocycles. The first kappa shape index (κ1) is 25.5. The van der Waals surface area contributed by atoms with Gasteiger partial charge in [0.2, 0.25) is 0 Å². The van der Waals surface area contributed by atoms with Crippen LogP contribution in [0.3, 0.4) is 0 Å². The van der Waals surface area contributed by atoms with Crippen molar-refractivity contribution in [3.05, 3.63) is 0 Å². The molecule has 0 aromatic heterocycles. The molecule has 4 heteroatoms. The second-order valence-electron chi connectivity index (χ2n) is 14.7. The molecule has 8 rings (SSSR count). The fourth-order valence-corrected chi connectivity index (χ4v) is 11.1. The third kappa shape index (κ3) is 5.95. The molecule has 4 nitrogen and oxygen atoms in total. The second kappa shape index (κ2) is 10.8. The number of ketones is 2. The van der Waals surface area contributed by atoms with Crippen molar-refractivity contribution in [3.63, 3.8) is 0 Å². The van der Waals surface area contributed by atoms with E-state index in [4.69, 9.17) is 9.47 Å². The van der Waals surface area contributed by atoms with Crippen LogP contribution in [0.4, 0.5) is 0 Å². The summed E-state index contributed by atoms with van der Waals surface area (Å²) < 4.78 is 11.1. The smallest absolute Gasteiger partial charge is 0.146 e. The van der Waals surface area contributed by atoms with Gasteiger partial charge in [-0.2, -0.15) is 0 Å². The molecule has 0 aromatic rings. The van der Waals surface area contributed by atoms with Crippen molar-refractivity contribution in [3.8, 4) is 0 Å². The van der Waals surface area contributed by atoms with E-state index in [0.29, 0.717) is 54.9 Å². The molecule has 0 atom stereocenters. The summed E-state index contributed by atoms with van der Waals surface area (Å²) in [6.07, 6.45) is 23.2. The van der Waals surface area contributed by atoms with Gasteiger partial charge in [0.1, 0.15) is 18.4 Å². The van der Waals surface area contributed by atoms with Gasteiger partial charge in [0.05, 0.1) is 13.2 Å². The quantitative estimate of drug-likeness (QED) is 0.176. The highest BCUT2D eigenvalue weighted by molar-refractivity contribution is 5.78. The maximum atomic E-state index is 12.4.